The minimum atomic E-state index is 0.0735. The third-order valence-electron chi connectivity index (χ3n) is 4.56. The molecule has 4 heteroatoms. The summed E-state index contributed by atoms with van der Waals surface area (Å²) in [5.41, 5.74) is 2.95. The largest absolute Gasteiger partial charge is 0.508 e. The van der Waals surface area contributed by atoms with Gasteiger partial charge in [-0.05, 0) is 41.8 Å². The predicted octanol–water partition coefficient (Wildman–Crippen LogP) is 5.22. The zero-order chi connectivity index (χ0) is 18.4. The average molecular weight is 355 g/mol. The highest BCUT2D eigenvalue weighted by Gasteiger charge is 2.15. The van der Waals surface area contributed by atoms with E-state index in [-0.39, 0.29) is 11.2 Å². The smallest absolute Gasteiger partial charge is 0.347 e. The quantitative estimate of drug-likeness (QED) is 0.441. The molecule has 0 radical (unpaired) electrons. The highest BCUT2D eigenvalue weighted by Crippen LogP contribution is 2.35. The Morgan fingerprint density at radius 2 is 1.22 bits per heavy atom. The molecule has 0 bridgehead atoms. The molecule has 0 unspecified atom stereocenters. The van der Waals surface area contributed by atoms with Crippen LogP contribution >= 0.6 is 0 Å². The van der Waals surface area contributed by atoms with Crippen LogP contribution in [0.1, 0.15) is 0 Å². The van der Waals surface area contributed by atoms with E-state index in [4.69, 9.17) is 8.83 Å². The summed E-state index contributed by atoms with van der Waals surface area (Å²) in [7, 11) is 0. The first-order valence-corrected chi connectivity index (χ1v) is 8.56. The maximum absolute atomic E-state index is 10.1. The molecule has 27 heavy (non-hydrogen) atoms. The molecule has 5 aromatic rings. The highest BCUT2D eigenvalue weighted by atomic mass is 16.3. The molecule has 0 atom stereocenters. The Bertz CT molecular complexity index is 1330. The SMILES string of the molecule is Oc1ccc(-c2cc3cc(-c4ccccc4)oc4cc(=[OH+])cc(o2)c34)cc1. The third-order valence-corrected chi connectivity index (χ3v) is 4.56. The van der Waals surface area contributed by atoms with Gasteiger partial charge in [0.2, 0.25) is 0 Å². The van der Waals surface area contributed by atoms with E-state index in [1.165, 1.54) is 0 Å². The van der Waals surface area contributed by atoms with Crippen molar-refractivity contribution >= 4 is 21.9 Å². The van der Waals surface area contributed by atoms with E-state index in [2.05, 4.69) is 0 Å². The number of hydrogen-bond acceptors (Lipinski definition) is 3. The fraction of sp³-hybridized carbons (Fsp3) is 0. The van der Waals surface area contributed by atoms with Gasteiger partial charge in [-0.2, -0.15) is 0 Å². The monoisotopic (exact) mass is 355 g/mol. The minimum absolute atomic E-state index is 0.0735. The standard InChI is InChI=1S/C23H14O4/c24-17-8-6-15(7-9-17)20-11-16-10-19(14-4-2-1-3-5-14)26-21-12-18(25)13-22(27-20)23(16)21/h1-13,24H/p+1. The van der Waals surface area contributed by atoms with Crippen molar-refractivity contribution in [1.82, 2.24) is 0 Å². The van der Waals surface area contributed by atoms with Gasteiger partial charge in [-0.15, -0.1) is 0 Å². The highest BCUT2D eigenvalue weighted by molar-refractivity contribution is 6.07. The zero-order valence-electron chi connectivity index (χ0n) is 14.2. The van der Waals surface area contributed by atoms with Crippen molar-refractivity contribution in [2.45, 2.75) is 0 Å². The van der Waals surface area contributed by atoms with Crippen LogP contribution in [0.25, 0.3) is 44.6 Å². The van der Waals surface area contributed by atoms with Crippen LogP contribution in [0.15, 0.2) is 87.7 Å². The molecule has 0 fully saturated rings. The van der Waals surface area contributed by atoms with E-state index in [0.717, 1.165) is 21.9 Å². The van der Waals surface area contributed by atoms with Crippen molar-refractivity contribution in [3.8, 4) is 28.4 Å². The molecule has 130 valence electrons. The van der Waals surface area contributed by atoms with E-state index in [1.54, 1.807) is 36.4 Å². The second kappa shape index (κ2) is 5.88. The fourth-order valence-electron chi connectivity index (χ4n) is 3.30. The van der Waals surface area contributed by atoms with E-state index in [1.807, 2.05) is 42.5 Å². The summed E-state index contributed by atoms with van der Waals surface area (Å²) in [4.78, 5) is 10.1. The molecule has 0 aliphatic heterocycles. The lowest BCUT2D eigenvalue weighted by molar-refractivity contribution is 0.475. The Morgan fingerprint density at radius 3 is 1.81 bits per heavy atom. The van der Waals surface area contributed by atoms with Crippen LogP contribution in [0, 0.1) is 0 Å². The lowest BCUT2D eigenvalue weighted by atomic mass is 10.0. The van der Waals surface area contributed by atoms with Crippen LogP contribution < -0.4 is 5.43 Å². The van der Waals surface area contributed by atoms with Crippen LogP contribution in [0.2, 0.25) is 0 Å². The van der Waals surface area contributed by atoms with E-state index in [9.17, 15) is 9.90 Å². The maximum atomic E-state index is 10.1. The lowest BCUT2D eigenvalue weighted by Gasteiger charge is -2.10. The summed E-state index contributed by atoms with van der Waals surface area (Å²) in [5.74, 6) is 1.54. The maximum Gasteiger partial charge on any atom is 0.347 e. The molecule has 0 aliphatic carbocycles. The molecule has 0 amide bonds. The van der Waals surface area contributed by atoms with Gasteiger partial charge in [0.1, 0.15) is 28.4 Å². The zero-order valence-corrected chi connectivity index (χ0v) is 14.2. The average Bonchev–Trinajstić information content (AvgIpc) is 2.68. The van der Waals surface area contributed by atoms with Crippen LogP contribution in [-0.2, 0) is 0 Å². The molecule has 0 spiro atoms. The summed E-state index contributed by atoms with van der Waals surface area (Å²) in [6.45, 7) is 0. The topological polar surface area (TPSA) is 67.9 Å². The molecular weight excluding hydrogens is 340 g/mol. The number of rotatable bonds is 2. The summed E-state index contributed by atoms with van der Waals surface area (Å²) >= 11 is 0. The van der Waals surface area contributed by atoms with Gasteiger partial charge in [-0.25, -0.2) is 0 Å². The molecule has 3 aromatic carbocycles. The van der Waals surface area contributed by atoms with Crippen molar-refractivity contribution in [2.75, 3.05) is 0 Å². The first-order valence-electron chi connectivity index (χ1n) is 8.56. The molecule has 5 rings (SSSR count). The Morgan fingerprint density at radius 1 is 0.667 bits per heavy atom. The van der Waals surface area contributed by atoms with Crippen LogP contribution in [-0.4, -0.2) is 9.90 Å². The summed E-state index contributed by atoms with van der Waals surface area (Å²) in [6, 6.07) is 23.7. The van der Waals surface area contributed by atoms with Gasteiger partial charge < -0.3 is 13.9 Å². The minimum Gasteiger partial charge on any atom is -0.508 e. The Kier molecular flexibility index (Phi) is 3.37. The molecule has 2 aromatic heterocycles. The summed E-state index contributed by atoms with van der Waals surface area (Å²) in [5, 5.41) is 11.3. The van der Waals surface area contributed by atoms with Crippen LogP contribution in [0.4, 0.5) is 0 Å². The van der Waals surface area contributed by atoms with Crippen molar-refractivity contribution in [1.29, 1.82) is 0 Å². The van der Waals surface area contributed by atoms with E-state index < -0.39 is 0 Å². The van der Waals surface area contributed by atoms with Gasteiger partial charge in [0.05, 0.1) is 17.5 Å². The fourth-order valence-corrected chi connectivity index (χ4v) is 3.30. The number of phenolic OH excluding ortho intramolecular Hbond substituents is 1. The number of hydrogen-bond donors (Lipinski definition) is 1. The van der Waals surface area contributed by atoms with Gasteiger partial charge in [0, 0.05) is 11.1 Å². The van der Waals surface area contributed by atoms with Gasteiger partial charge in [0.25, 0.3) is 0 Å². The van der Waals surface area contributed by atoms with Crippen LogP contribution in [0.5, 0.6) is 5.75 Å². The van der Waals surface area contributed by atoms with Crippen LogP contribution in [0.3, 0.4) is 0 Å². The number of benzene rings is 3. The van der Waals surface area contributed by atoms with Crippen molar-refractivity contribution in [2.24, 2.45) is 0 Å². The molecule has 0 saturated carbocycles. The predicted molar refractivity (Wildman–Crippen MR) is 104 cm³/mol. The van der Waals surface area contributed by atoms with Gasteiger partial charge in [0.15, 0.2) is 0 Å². The molecule has 4 nitrogen and oxygen atoms in total. The molecular formula is C23H15O4+. The number of aromatic hydroxyl groups is 1. The first kappa shape index (κ1) is 15.5. The van der Waals surface area contributed by atoms with Crippen molar-refractivity contribution < 1.29 is 18.7 Å². The Balaban J connectivity index is 1.84. The molecule has 0 saturated heterocycles. The van der Waals surface area contributed by atoms with E-state index >= 15 is 0 Å². The second-order valence-electron chi connectivity index (χ2n) is 6.41. The lowest BCUT2D eigenvalue weighted by Crippen LogP contribution is -1.99. The normalized spacial score (nSPS) is 11.3. The summed E-state index contributed by atoms with van der Waals surface area (Å²) < 4.78 is 12.1. The van der Waals surface area contributed by atoms with Crippen molar-refractivity contribution in [3.05, 3.63) is 84.3 Å². The first-order chi connectivity index (χ1) is 13.2. The molecule has 0 aliphatic rings. The number of phenols is 1. The second-order valence-corrected chi connectivity index (χ2v) is 6.41. The molecule has 2 heterocycles. The van der Waals surface area contributed by atoms with E-state index in [0.29, 0.717) is 22.7 Å². The van der Waals surface area contributed by atoms with Gasteiger partial charge >= 0.3 is 5.43 Å². The Hall–Kier alpha value is -3.79. The molecule has 2 N–H and O–H groups in total. The van der Waals surface area contributed by atoms with Gasteiger partial charge in [-0.1, -0.05) is 30.3 Å². The summed E-state index contributed by atoms with van der Waals surface area (Å²) in [6.07, 6.45) is 0. The third kappa shape index (κ3) is 2.68. The van der Waals surface area contributed by atoms with Crippen molar-refractivity contribution in [3.63, 3.8) is 0 Å². The van der Waals surface area contributed by atoms with Gasteiger partial charge in [-0.3, -0.25) is 4.79 Å². The Labute approximate surface area is 153 Å².